The number of hydrogen-bond acceptors (Lipinski definition) is 3. The molecule has 0 aromatic heterocycles. The van der Waals surface area contributed by atoms with E-state index in [1.54, 1.807) is 12.0 Å². The van der Waals surface area contributed by atoms with Gasteiger partial charge in [0.15, 0.2) is 0 Å². The van der Waals surface area contributed by atoms with E-state index in [1.807, 2.05) is 18.2 Å². The number of aryl methyl sites for hydroxylation is 1. The summed E-state index contributed by atoms with van der Waals surface area (Å²) in [5, 5.41) is 0. The van der Waals surface area contributed by atoms with E-state index >= 15 is 0 Å². The van der Waals surface area contributed by atoms with Gasteiger partial charge in [0.25, 0.3) is 0 Å². The van der Waals surface area contributed by atoms with Crippen LogP contribution in [0.3, 0.4) is 0 Å². The summed E-state index contributed by atoms with van der Waals surface area (Å²) in [5.41, 5.74) is 8.55. The van der Waals surface area contributed by atoms with Crippen molar-refractivity contribution in [3.05, 3.63) is 23.8 Å². The topological polar surface area (TPSA) is 55.6 Å². The average molecular weight is 220 g/mol. The molecule has 0 atom stereocenters. The summed E-state index contributed by atoms with van der Waals surface area (Å²) in [6.07, 6.45) is 2.33. The number of benzene rings is 1. The van der Waals surface area contributed by atoms with Crippen molar-refractivity contribution in [3.63, 3.8) is 0 Å². The highest BCUT2D eigenvalue weighted by Crippen LogP contribution is 2.28. The van der Waals surface area contributed by atoms with Crippen molar-refractivity contribution < 1.29 is 9.53 Å². The third-order valence-electron chi connectivity index (χ3n) is 2.79. The Balaban J connectivity index is 2.41. The first-order chi connectivity index (χ1) is 7.72. The first kappa shape index (κ1) is 11.0. The van der Waals surface area contributed by atoms with Crippen LogP contribution in [0.5, 0.6) is 0 Å². The Morgan fingerprint density at radius 1 is 1.44 bits per heavy atom. The molecule has 1 aromatic rings. The fourth-order valence-electron chi connectivity index (χ4n) is 2.04. The van der Waals surface area contributed by atoms with Crippen LogP contribution >= 0.6 is 0 Å². The van der Waals surface area contributed by atoms with Gasteiger partial charge in [-0.2, -0.15) is 0 Å². The minimum Gasteiger partial charge on any atom is -0.399 e. The number of fused-ring (bicyclic) bond motifs is 1. The number of nitrogens with zero attached hydrogens (tertiary/aromatic N) is 1. The lowest BCUT2D eigenvalue weighted by Gasteiger charge is -2.22. The summed E-state index contributed by atoms with van der Waals surface area (Å²) < 4.78 is 5.07. The van der Waals surface area contributed by atoms with Gasteiger partial charge in [-0.25, -0.2) is 0 Å². The molecule has 1 aromatic carbocycles. The van der Waals surface area contributed by atoms with Crippen molar-refractivity contribution in [2.45, 2.75) is 19.3 Å². The molecule has 4 heteroatoms. The second-order valence-corrected chi connectivity index (χ2v) is 3.98. The van der Waals surface area contributed by atoms with Crippen LogP contribution in [0, 0.1) is 0 Å². The summed E-state index contributed by atoms with van der Waals surface area (Å²) in [6.45, 7) is 0.301. The van der Waals surface area contributed by atoms with E-state index < -0.39 is 0 Å². The van der Waals surface area contributed by atoms with E-state index in [0.29, 0.717) is 13.2 Å². The maximum Gasteiger partial charge on any atom is 0.228 e. The average Bonchev–Trinajstić information content (AvgIpc) is 2.40. The molecule has 0 radical (unpaired) electrons. The molecular weight excluding hydrogens is 204 g/mol. The number of carbonyl (C=O) groups excluding carboxylic acids is 1. The first-order valence-corrected chi connectivity index (χ1v) is 5.40. The zero-order valence-corrected chi connectivity index (χ0v) is 9.40. The number of ether oxygens (including phenoxy) is 1. The van der Waals surface area contributed by atoms with Gasteiger partial charge in [-0.15, -0.1) is 0 Å². The first-order valence-electron chi connectivity index (χ1n) is 5.40. The smallest absolute Gasteiger partial charge is 0.228 e. The van der Waals surface area contributed by atoms with Crippen LogP contribution in [-0.2, 0) is 16.0 Å². The minimum atomic E-state index is 0.116. The van der Waals surface area contributed by atoms with Gasteiger partial charge < -0.3 is 10.5 Å². The van der Waals surface area contributed by atoms with E-state index in [9.17, 15) is 4.79 Å². The molecule has 86 valence electrons. The fraction of sp³-hybridized carbons (Fsp3) is 0.417. The van der Waals surface area contributed by atoms with Crippen LogP contribution in [0.15, 0.2) is 18.2 Å². The Morgan fingerprint density at radius 2 is 2.25 bits per heavy atom. The van der Waals surface area contributed by atoms with Crippen molar-refractivity contribution in [2.75, 3.05) is 24.5 Å². The predicted molar refractivity (Wildman–Crippen MR) is 63.2 cm³/mol. The number of hydrogen-bond donors (Lipinski definition) is 1. The van der Waals surface area contributed by atoms with Crippen LogP contribution in [0.25, 0.3) is 0 Å². The Hall–Kier alpha value is -1.55. The van der Waals surface area contributed by atoms with Crippen molar-refractivity contribution in [2.24, 2.45) is 0 Å². The maximum absolute atomic E-state index is 11.9. The second kappa shape index (κ2) is 4.53. The van der Waals surface area contributed by atoms with E-state index in [0.717, 1.165) is 29.8 Å². The monoisotopic (exact) mass is 220 g/mol. The molecule has 16 heavy (non-hydrogen) atoms. The number of nitrogens with two attached hydrogens (primary N) is 1. The zero-order chi connectivity index (χ0) is 11.5. The normalized spacial score (nSPS) is 15.8. The van der Waals surface area contributed by atoms with Gasteiger partial charge in [0.05, 0.1) is 0 Å². The van der Waals surface area contributed by atoms with Gasteiger partial charge in [-0.05, 0) is 36.6 Å². The molecular formula is C12H16N2O2. The van der Waals surface area contributed by atoms with E-state index in [4.69, 9.17) is 10.5 Å². The van der Waals surface area contributed by atoms with Crippen LogP contribution in [0.4, 0.5) is 11.4 Å². The van der Waals surface area contributed by atoms with Crippen LogP contribution in [0.1, 0.15) is 18.4 Å². The standard InChI is InChI=1S/C12H16N2O2/c1-16-8-14-11-6-5-10(13)7-9(11)3-2-4-12(14)15/h5-7H,2-4,8,13H2,1H3. The van der Waals surface area contributed by atoms with Crippen molar-refractivity contribution in [3.8, 4) is 0 Å². The minimum absolute atomic E-state index is 0.116. The molecule has 2 N–H and O–H groups in total. The molecule has 1 aliphatic heterocycles. The molecule has 1 heterocycles. The number of rotatable bonds is 2. The predicted octanol–water partition coefficient (Wildman–Crippen LogP) is 1.54. The molecule has 0 spiro atoms. The molecule has 0 fully saturated rings. The third-order valence-corrected chi connectivity index (χ3v) is 2.79. The summed E-state index contributed by atoms with van der Waals surface area (Å²) in [4.78, 5) is 13.5. The lowest BCUT2D eigenvalue weighted by molar-refractivity contribution is -0.119. The number of amides is 1. The maximum atomic E-state index is 11.9. The Labute approximate surface area is 95.0 Å². The van der Waals surface area contributed by atoms with Crippen LogP contribution in [0.2, 0.25) is 0 Å². The Kier molecular flexibility index (Phi) is 3.10. The molecule has 0 aliphatic carbocycles. The van der Waals surface area contributed by atoms with Gasteiger partial charge in [0, 0.05) is 24.9 Å². The molecule has 0 unspecified atom stereocenters. The van der Waals surface area contributed by atoms with Gasteiger partial charge in [0.2, 0.25) is 5.91 Å². The molecule has 0 bridgehead atoms. The molecule has 0 saturated carbocycles. The van der Waals surface area contributed by atoms with Gasteiger partial charge in [-0.3, -0.25) is 9.69 Å². The quantitative estimate of drug-likeness (QED) is 0.769. The largest absolute Gasteiger partial charge is 0.399 e. The summed E-state index contributed by atoms with van der Waals surface area (Å²) >= 11 is 0. The summed E-state index contributed by atoms with van der Waals surface area (Å²) in [7, 11) is 1.59. The zero-order valence-electron chi connectivity index (χ0n) is 9.40. The number of methoxy groups -OCH3 is 1. The number of nitrogen functional groups attached to an aromatic ring is 1. The fourth-order valence-corrected chi connectivity index (χ4v) is 2.04. The molecule has 1 amide bonds. The third kappa shape index (κ3) is 2.02. The molecule has 2 rings (SSSR count). The van der Waals surface area contributed by atoms with Gasteiger partial charge in [0.1, 0.15) is 6.73 Å². The van der Waals surface area contributed by atoms with Crippen molar-refractivity contribution >= 4 is 17.3 Å². The molecule has 1 aliphatic rings. The highest BCUT2D eigenvalue weighted by molar-refractivity contribution is 5.94. The van der Waals surface area contributed by atoms with Gasteiger partial charge in [-0.1, -0.05) is 0 Å². The Bertz CT molecular complexity index is 404. The van der Waals surface area contributed by atoms with Crippen LogP contribution < -0.4 is 10.6 Å². The van der Waals surface area contributed by atoms with Crippen molar-refractivity contribution in [1.82, 2.24) is 0 Å². The number of anilines is 2. The summed E-state index contributed by atoms with van der Waals surface area (Å²) in [5.74, 6) is 0.116. The lowest BCUT2D eigenvalue weighted by Crippen LogP contribution is -2.32. The highest BCUT2D eigenvalue weighted by atomic mass is 16.5. The molecule has 0 saturated heterocycles. The van der Waals surface area contributed by atoms with Gasteiger partial charge >= 0.3 is 0 Å². The van der Waals surface area contributed by atoms with E-state index in [1.165, 1.54) is 0 Å². The van der Waals surface area contributed by atoms with E-state index in [2.05, 4.69) is 0 Å². The SMILES string of the molecule is COCN1C(=O)CCCc2cc(N)ccc21. The van der Waals surface area contributed by atoms with E-state index in [-0.39, 0.29) is 5.91 Å². The highest BCUT2D eigenvalue weighted by Gasteiger charge is 2.21. The Morgan fingerprint density at radius 3 is 3.00 bits per heavy atom. The molecule has 4 nitrogen and oxygen atoms in total. The van der Waals surface area contributed by atoms with Crippen LogP contribution in [-0.4, -0.2) is 19.7 Å². The number of carbonyl (C=O) groups is 1. The second-order valence-electron chi connectivity index (χ2n) is 3.98. The van der Waals surface area contributed by atoms with Crippen molar-refractivity contribution in [1.29, 1.82) is 0 Å². The lowest BCUT2D eigenvalue weighted by atomic mass is 10.1. The summed E-state index contributed by atoms with van der Waals surface area (Å²) in [6, 6.07) is 5.66.